The standard InChI is InChI=1S/C11H15ClN2OS/c1-8-3-2-4-9(10(8)12)7-14-11(16)13-5-6-15/h2-4,15H,5-7H2,1H3,(H2,13,14,16). The fourth-order valence-corrected chi connectivity index (χ4v) is 1.62. The molecule has 0 unspecified atom stereocenters. The van der Waals surface area contributed by atoms with Gasteiger partial charge in [-0.1, -0.05) is 29.8 Å². The molecule has 88 valence electrons. The molecule has 0 bridgehead atoms. The second-order valence-electron chi connectivity index (χ2n) is 3.38. The van der Waals surface area contributed by atoms with Crippen molar-refractivity contribution in [3.05, 3.63) is 34.3 Å². The summed E-state index contributed by atoms with van der Waals surface area (Å²) >= 11 is 11.2. The van der Waals surface area contributed by atoms with Crippen LogP contribution in [0.1, 0.15) is 11.1 Å². The van der Waals surface area contributed by atoms with Crippen LogP contribution in [0.2, 0.25) is 5.02 Å². The highest BCUT2D eigenvalue weighted by Gasteiger charge is 2.02. The van der Waals surface area contributed by atoms with Crippen LogP contribution >= 0.6 is 23.8 Å². The number of hydrogen-bond acceptors (Lipinski definition) is 2. The molecule has 1 rings (SSSR count). The molecule has 0 fully saturated rings. The van der Waals surface area contributed by atoms with Gasteiger partial charge in [0.05, 0.1) is 6.61 Å². The highest BCUT2D eigenvalue weighted by Crippen LogP contribution is 2.19. The van der Waals surface area contributed by atoms with Gasteiger partial charge in [0.15, 0.2) is 5.11 Å². The highest BCUT2D eigenvalue weighted by atomic mass is 35.5. The largest absolute Gasteiger partial charge is 0.395 e. The number of thiocarbonyl (C=S) groups is 1. The first-order valence-corrected chi connectivity index (χ1v) is 5.80. The summed E-state index contributed by atoms with van der Waals surface area (Å²) in [6, 6.07) is 5.88. The fourth-order valence-electron chi connectivity index (χ4n) is 1.25. The Morgan fingerprint density at radius 2 is 2.19 bits per heavy atom. The van der Waals surface area contributed by atoms with E-state index in [9.17, 15) is 0 Å². The zero-order chi connectivity index (χ0) is 12.0. The monoisotopic (exact) mass is 258 g/mol. The van der Waals surface area contributed by atoms with Gasteiger partial charge in [-0.25, -0.2) is 0 Å². The van der Waals surface area contributed by atoms with Crippen LogP contribution in [0, 0.1) is 6.92 Å². The number of nitrogens with one attached hydrogen (secondary N) is 2. The Labute approximate surface area is 106 Å². The molecule has 0 saturated heterocycles. The summed E-state index contributed by atoms with van der Waals surface area (Å²) < 4.78 is 0. The van der Waals surface area contributed by atoms with Crippen LogP contribution in [0.3, 0.4) is 0 Å². The number of aliphatic hydroxyl groups excluding tert-OH is 1. The van der Waals surface area contributed by atoms with Crippen molar-refractivity contribution < 1.29 is 5.11 Å². The fraction of sp³-hybridized carbons (Fsp3) is 0.364. The summed E-state index contributed by atoms with van der Waals surface area (Å²) in [7, 11) is 0. The molecule has 0 aromatic heterocycles. The molecule has 0 saturated carbocycles. The van der Waals surface area contributed by atoms with Crippen molar-refractivity contribution in [1.82, 2.24) is 10.6 Å². The predicted molar refractivity (Wildman–Crippen MR) is 70.7 cm³/mol. The summed E-state index contributed by atoms with van der Waals surface area (Å²) in [5.41, 5.74) is 2.06. The van der Waals surface area contributed by atoms with Gasteiger partial charge in [-0.2, -0.15) is 0 Å². The molecular formula is C11H15ClN2OS. The second kappa shape index (κ2) is 6.68. The van der Waals surface area contributed by atoms with Gasteiger partial charge >= 0.3 is 0 Å². The maximum Gasteiger partial charge on any atom is 0.166 e. The molecule has 0 radical (unpaired) electrons. The third-order valence-electron chi connectivity index (χ3n) is 2.11. The van der Waals surface area contributed by atoms with E-state index >= 15 is 0 Å². The van der Waals surface area contributed by atoms with Gasteiger partial charge in [-0.3, -0.25) is 0 Å². The van der Waals surface area contributed by atoms with Crippen molar-refractivity contribution in [3.8, 4) is 0 Å². The molecule has 0 spiro atoms. The Bertz CT molecular complexity index is 371. The number of hydrogen-bond donors (Lipinski definition) is 3. The molecule has 0 aliphatic rings. The summed E-state index contributed by atoms with van der Waals surface area (Å²) in [6.45, 7) is 3.06. The van der Waals surface area contributed by atoms with Gasteiger partial charge in [-0.15, -0.1) is 0 Å². The summed E-state index contributed by atoms with van der Waals surface area (Å²) in [6.07, 6.45) is 0. The third kappa shape index (κ3) is 3.96. The van der Waals surface area contributed by atoms with E-state index < -0.39 is 0 Å². The van der Waals surface area contributed by atoms with E-state index in [0.717, 1.165) is 16.1 Å². The van der Waals surface area contributed by atoms with E-state index in [4.69, 9.17) is 28.9 Å². The molecule has 5 heteroatoms. The third-order valence-corrected chi connectivity index (χ3v) is 2.94. The molecule has 0 heterocycles. The molecule has 0 amide bonds. The average molecular weight is 259 g/mol. The average Bonchev–Trinajstić information content (AvgIpc) is 2.28. The van der Waals surface area contributed by atoms with Crippen LogP contribution in [-0.4, -0.2) is 23.4 Å². The van der Waals surface area contributed by atoms with Crippen molar-refractivity contribution in [2.24, 2.45) is 0 Å². The van der Waals surface area contributed by atoms with Gasteiger partial charge in [0.2, 0.25) is 0 Å². The molecule has 1 aromatic carbocycles. The number of benzene rings is 1. The lowest BCUT2D eigenvalue weighted by Gasteiger charge is -2.11. The molecule has 3 N–H and O–H groups in total. The molecule has 1 aromatic rings. The minimum Gasteiger partial charge on any atom is -0.395 e. The Morgan fingerprint density at radius 3 is 2.88 bits per heavy atom. The summed E-state index contributed by atoms with van der Waals surface area (Å²) in [5, 5.41) is 15.8. The number of aryl methyl sites for hydroxylation is 1. The molecule has 3 nitrogen and oxygen atoms in total. The Hall–Kier alpha value is -0.840. The Balaban J connectivity index is 2.48. The van der Waals surface area contributed by atoms with Crippen LogP contribution in [0.25, 0.3) is 0 Å². The van der Waals surface area contributed by atoms with E-state index in [1.807, 2.05) is 25.1 Å². The molecule has 16 heavy (non-hydrogen) atoms. The minimum absolute atomic E-state index is 0.0625. The number of halogens is 1. The smallest absolute Gasteiger partial charge is 0.166 e. The normalized spacial score (nSPS) is 9.94. The zero-order valence-electron chi connectivity index (χ0n) is 9.09. The second-order valence-corrected chi connectivity index (χ2v) is 4.17. The SMILES string of the molecule is Cc1cccc(CNC(=S)NCCO)c1Cl. The van der Waals surface area contributed by atoms with Gasteiger partial charge < -0.3 is 15.7 Å². The number of aliphatic hydroxyl groups is 1. The van der Waals surface area contributed by atoms with Crippen molar-refractivity contribution in [1.29, 1.82) is 0 Å². The lowest BCUT2D eigenvalue weighted by atomic mass is 10.1. The molecular weight excluding hydrogens is 244 g/mol. The van der Waals surface area contributed by atoms with Crippen molar-refractivity contribution in [2.75, 3.05) is 13.2 Å². The maximum absolute atomic E-state index is 8.61. The Kier molecular flexibility index (Phi) is 5.52. The molecule has 0 aliphatic heterocycles. The van der Waals surface area contributed by atoms with Gasteiger partial charge in [-0.05, 0) is 30.3 Å². The summed E-state index contributed by atoms with van der Waals surface area (Å²) in [5.74, 6) is 0. The van der Waals surface area contributed by atoms with Crippen LogP contribution in [0.5, 0.6) is 0 Å². The van der Waals surface area contributed by atoms with Crippen molar-refractivity contribution in [2.45, 2.75) is 13.5 Å². The maximum atomic E-state index is 8.61. The van der Waals surface area contributed by atoms with Gasteiger partial charge in [0.25, 0.3) is 0 Å². The van der Waals surface area contributed by atoms with E-state index in [0.29, 0.717) is 18.2 Å². The lowest BCUT2D eigenvalue weighted by molar-refractivity contribution is 0.300. The van der Waals surface area contributed by atoms with Gasteiger partial charge in [0.1, 0.15) is 0 Å². The van der Waals surface area contributed by atoms with E-state index in [1.54, 1.807) is 0 Å². The van der Waals surface area contributed by atoms with E-state index in [-0.39, 0.29) is 6.61 Å². The van der Waals surface area contributed by atoms with E-state index in [1.165, 1.54) is 0 Å². The number of rotatable bonds is 4. The quantitative estimate of drug-likeness (QED) is 0.718. The first-order chi connectivity index (χ1) is 7.65. The predicted octanol–water partition coefficient (Wildman–Crippen LogP) is 1.60. The lowest BCUT2D eigenvalue weighted by Crippen LogP contribution is -2.36. The molecule has 0 aliphatic carbocycles. The Morgan fingerprint density at radius 1 is 1.44 bits per heavy atom. The van der Waals surface area contributed by atoms with Crippen LogP contribution in [0.15, 0.2) is 18.2 Å². The highest BCUT2D eigenvalue weighted by molar-refractivity contribution is 7.80. The van der Waals surface area contributed by atoms with Crippen molar-refractivity contribution >= 4 is 28.9 Å². The first kappa shape index (κ1) is 13.2. The van der Waals surface area contributed by atoms with Crippen molar-refractivity contribution in [3.63, 3.8) is 0 Å². The van der Waals surface area contributed by atoms with Crippen LogP contribution in [-0.2, 0) is 6.54 Å². The van der Waals surface area contributed by atoms with E-state index in [2.05, 4.69) is 10.6 Å². The zero-order valence-corrected chi connectivity index (χ0v) is 10.7. The molecule has 0 atom stereocenters. The van der Waals surface area contributed by atoms with Gasteiger partial charge in [0, 0.05) is 18.1 Å². The van der Waals surface area contributed by atoms with Crippen LogP contribution in [0.4, 0.5) is 0 Å². The minimum atomic E-state index is 0.0625. The first-order valence-electron chi connectivity index (χ1n) is 5.01. The summed E-state index contributed by atoms with van der Waals surface area (Å²) in [4.78, 5) is 0. The van der Waals surface area contributed by atoms with Crippen LogP contribution < -0.4 is 10.6 Å². The topological polar surface area (TPSA) is 44.3 Å².